The smallest absolute Gasteiger partial charge is 0.141 e. The van der Waals surface area contributed by atoms with E-state index in [0.717, 1.165) is 35.9 Å². The lowest BCUT2D eigenvalue weighted by Gasteiger charge is -2.29. The number of hydrogen-bond acceptors (Lipinski definition) is 7. The first-order valence-electron chi connectivity index (χ1n) is 8.37. The van der Waals surface area contributed by atoms with Crippen molar-refractivity contribution in [2.45, 2.75) is 45.4 Å². The van der Waals surface area contributed by atoms with Gasteiger partial charge in [0, 0.05) is 11.4 Å². The zero-order valence-corrected chi connectivity index (χ0v) is 14.1. The lowest BCUT2D eigenvalue weighted by molar-refractivity contribution is 0.275. The number of aromatic nitrogens is 5. The summed E-state index contributed by atoms with van der Waals surface area (Å²) in [7, 11) is 0. The number of aliphatic hydroxyl groups is 1. The van der Waals surface area contributed by atoms with E-state index in [9.17, 15) is 5.11 Å². The van der Waals surface area contributed by atoms with Gasteiger partial charge in [-0.1, -0.05) is 5.21 Å². The van der Waals surface area contributed by atoms with Crippen LogP contribution in [-0.4, -0.2) is 36.6 Å². The Labute approximate surface area is 143 Å². The van der Waals surface area contributed by atoms with E-state index in [2.05, 4.69) is 25.2 Å². The van der Waals surface area contributed by atoms with Gasteiger partial charge in [-0.25, -0.2) is 14.6 Å². The standard InChI is InChI=1S/C16H18N6OS/c23-8-11-12-7-21(5-6-22(12)20-19-11)15-14-10-3-1-2-4-13(10)24-16(14)18-9-17-15/h9,23H,1-8H2. The predicted molar refractivity (Wildman–Crippen MR) is 91.1 cm³/mol. The molecule has 0 spiro atoms. The molecule has 3 aromatic rings. The highest BCUT2D eigenvalue weighted by Gasteiger charge is 2.26. The Morgan fingerprint density at radius 1 is 1.17 bits per heavy atom. The molecule has 2 aliphatic rings. The Hall–Kier alpha value is -2.06. The molecule has 8 heteroatoms. The van der Waals surface area contributed by atoms with Crippen molar-refractivity contribution in [2.75, 3.05) is 11.4 Å². The van der Waals surface area contributed by atoms with Crippen LogP contribution in [0.2, 0.25) is 0 Å². The highest BCUT2D eigenvalue weighted by Crippen LogP contribution is 2.39. The molecule has 3 aromatic heterocycles. The Morgan fingerprint density at radius 2 is 2.08 bits per heavy atom. The van der Waals surface area contributed by atoms with Crippen LogP contribution in [0.3, 0.4) is 0 Å². The van der Waals surface area contributed by atoms with Gasteiger partial charge in [-0.05, 0) is 31.2 Å². The minimum absolute atomic E-state index is 0.0732. The maximum absolute atomic E-state index is 9.48. The molecule has 1 aliphatic carbocycles. The maximum atomic E-state index is 9.48. The molecule has 4 heterocycles. The van der Waals surface area contributed by atoms with E-state index >= 15 is 0 Å². The van der Waals surface area contributed by atoms with E-state index in [1.54, 1.807) is 6.33 Å². The van der Waals surface area contributed by atoms with Crippen molar-refractivity contribution >= 4 is 27.4 Å². The molecule has 0 saturated heterocycles. The van der Waals surface area contributed by atoms with Gasteiger partial charge in [0.25, 0.3) is 0 Å². The van der Waals surface area contributed by atoms with Crippen LogP contribution in [-0.2, 0) is 32.5 Å². The van der Waals surface area contributed by atoms with E-state index < -0.39 is 0 Å². The van der Waals surface area contributed by atoms with Crippen LogP contribution in [0.25, 0.3) is 10.2 Å². The Balaban J connectivity index is 1.61. The molecule has 0 bridgehead atoms. The second-order valence-electron chi connectivity index (χ2n) is 6.37. The fraction of sp³-hybridized carbons (Fsp3) is 0.500. The quantitative estimate of drug-likeness (QED) is 0.763. The SMILES string of the molecule is OCc1nnn2c1CN(c1ncnc3sc4c(c13)CCCC4)CC2. The Morgan fingerprint density at radius 3 is 3.00 bits per heavy atom. The molecule has 0 unspecified atom stereocenters. The third-order valence-electron chi connectivity index (χ3n) is 5.02. The first-order valence-corrected chi connectivity index (χ1v) is 9.19. The van der Waals surface area contributed by atoms with Crippen LogP contribution in [0.15, 0.2) is 6.33 Å². The van der Waals surface area contributed by atoms with Crippen LogP contribution in [0.4, 0.5) is 5.82 Å². The Kier molecular flexibility index (Phi) is 3.27. The minimum Gasteiger partial charge on any atom is -0.390 e. The van der Waals surface area contributed by atoms with Gasteiger partial charge in [-0.15, -0.1) is 16.4 Å². The molecule has 124 valence electrons. The molecule has 7 nitrogen and oxygen atoms in total. The lowest BCUT2D eigenvalue weighted by atomic mass is 9.97. The van der Waals surface area contributed by atoms with Gasteiger partial charge < -0.3 is 10.0 Å². The van der Waals surface area contributed by atoms with Crippen molar-refractivity contribution in [1.29, 1.82) is 0 Å². The van der Waals surface area contributed by atoms with Crippen molar-refractivity contribution in [1.82, 2.24) is 25.0 Å². The van der Waals surface area contributed by atoms with Gasteiger partial charge in [0.15, 0.2) is 0 Å². The molecule has 1 N–H and O–H groups in total. The van der Waals surface area contributed by atoms with E-state index in [0.29, 0.717) is 12.2 Å². The molecule has 0 aromatic carbocycles. The van der Waals surface area contributed by atoms with E-state index in [-0.39, 0.29) is 6.61 Å². The number of aliphatic hydroxyl groups excluding tert-OH is 1. The maximum Gasteiger partial charge on any atom is 0.141 e. The molecule has 0 atom stereocenters. The zero-order chi connectivity index (χ0) is 16.1. The minimum atomic E-state index is -0.0732. The van der Waals surface area contributed by atoms with E-state index in [1.807, 2.05) is 16.0 Å². The summed E-state index contributed by atoms with van der Waals surface area (Å²) in [5.74, 6) is 1.02. The largest absolute Gasteiger partial charge is 0.390 e. The van der Waals surface area contributed by atoms with Crippen molar-refractivity contribution < 1.29 is 5.11 Å². The average molecular weight is 342 g/mol. The van der Waals surface area contributed by atoms with Gasteiger partial charge in [0.1, 0.15) is 22.7 Å². The molecule has 5 rings (SSSR count). The molecule has 1 aliphatic heterocycles. The van der Waals surface area contributed by atoms with Crippen molar-refractivity contribution in [3.63, 3.8) is 0 Å². The van der Waals surface area contributed by atoms with Gasteiger partial charge >= 0.3 is 0 Å². The fourth-order valence-corrected chi connectivity index (χ4v) is 5.04. The van der Waals surface area contributed by atoms with Crippen LogP contribution >= 0.6 is 11.3 Å². The van der Waals surface area contributed by atoms with Crippen LogP contribution in [0.5, 0.6) is 0 Å². The fourth-order valence-electron chi connectivity index (χ4n) is 3.81. The second-order valence-corrected chi connectivity index (χ2v) is 7.46. The average Bonchev–Trinajstić information content (AvgIpc) is 3.21. The van der Waals surface area contributed by atoms with Crippen molar-refractivity contribution in [3.8, 4) is 0 Å². The van der Waals surface area contributed by atoms with Gasteiger partial charge in [0.2, 0.25) is 0 Å². The second kappa shape index (κ2) is 5.49. The number of aryl methyl sites for hydroxylation is 2. The summed E-state index contributed by atoms with van der Waals surface area (Å²) in [5, 5.41) is 18.9. The first kappa shape index (κ1) is 14.3. The summed E-state index contributed by atoms with van der Waals surface area (Å²) in [6, 6.07) is 0. The highest BCUT2D eigenvalue weighted by atomic mass is 32.1. The van der Waals surface area contributed by atoms with Crippen LogP contribution in [0, 0.1) is 0 Å². The molecule has 0 fully saturated rings. The molecular formula is C16H18N6OS. The predicted octanol–water partition coefficient (Wildman–Crippen LogP) is 1.67. The van der Waals surface area contributed by atoms with Gasteiger partial charge in [-0.2, -0.15) is 0 Å². The molecular weight excluding hydrogens is 324 g/mol. The topological polar surface area (TPSA) is 80.0 Å². The van der Waals surface area contributed by atoms with Crippen LogP contribution in [0.1, 0.15) is 34.7 Å². The number of thiophene rings is 1. The van der Waals surface area contributed by atoms with E-state index in [1.165, 1.54) is 35.1 Å². The molecule has 24 heavy (non-hydrogen) atoms. The van der Waals surface area contributed by atoms with Crippen molar-refractivity contribution in [3.05, 3.63) is 28.2 Å². The van der Waals surface area contributed by atoms with Gasteiger partial charge in [0.05, 0.1) is 30.8 Å². The number of hydrogen-bond donors (Lipinski definition) is 1. The highest BCUT2D eigenvalue weighted by molar-refractivity contribution is 7.19. The summed E-state index contributed by atoms with van der Waals surface area (Å²) in [5.41, 5.74) is 3.10. The molecule has 0 saturated carbocycles. The molecule has 0 amide bonds. The third-order valence-corrected chi connectivity index (χ3v) is 6.22. The summed E-state index contributed by atoms with van der Waals surface area (Å²) in [6.07, 6.45) is 6.50. The summed E-state index contributed by atoms with van der Waals surface area (Å²) < 4.78 is 1.89. The van der Waals surface area contributed by atoms with Gasteiger partial charge in [-0.3, -0.25) is 0 Å². The number of rotatable bonds is 2. The zero-order valence-electron chi connectivity index (χ0n) is 13.3. The summed E-state index contributed by atoms with van der Waals surface area (Å²) in [6.45, 7) is 2.22. The number of fused-ring (bicyclic) bond motifs is 4. The normalized spacial score (nSPS) is 17.1. The van der Waals surface area contributed by atoms with Crippen LogP contribution < -0.4 is 4.90 Å². The summed E-state index contributed by atoms with van der Waals surface area (Å²) >= 11 is 1.83. The summed E-state index contributed by atoms with van der Waals surface area (Å²) in [4.78, 5) is 14.0. The number of nitrogens with zero attached hydrogens (tertiary/aromatic N) is 6. The lowest BCUT2D eigenvalue weighted by Crippen LogP contribution is -2.35. The number of anilines is 1. The first-order chi connectivity index (χ1) is 11.8. The Bertz CT molecular complexity index is 903. The third kappa shape index (κ3) is 2.06. The molecule has 0 radical (unpaired) electrons. The monoisotopic (exact) mass is 342 g/mol. The van der Waals surface area contributed by atoms with Crippen molar-refractivity contribution in [2.24, 2.45) is 0 Å². The van der Waals surface area contributed by atoms with E-state index in [4.69, 9.17) is 0 Å².